The molecule has 25 heavy (non-hydrogen) atoms. The molecule has 1 aliphatic heterocycles. The van der Waals surface area contributed by atoms with Gasteiger partial charge in [-0.3, -0.25) is 4.40 Å². The molecule has 0 aliphatic carbocycles. The van der Waals surface area contributed by atoms with Gasteiger partial charge in [-0.2, -0.15) is 0 Å². The Bertz CT molecular complexity index is 836. The van der Waals surface area contributed by atoms with Crippen molar-refractivity contribution in [3.05, 3.63) is 36.8 Å². The van der Waals surface area contributed by atoms with Gasteiger partial charge >= 0.3 is 0 Å². The fourth-order valence-electron chi connectivity index (χ4n) is 3.63. The average molecular weight is 338 g/mol. The maximum absolute atomic E-state index is 6.17. The highest BCUT2D eigenvalue weighted by Crippen LogP contribution is 2.25. The van der Waals surface area contributed by atoms with Crippen molar-refractivity contribution >= 4 is 16.7 Å². The van der Waals surface area contributed by atoms with Gasteiger partial charge in [0, 0.05) is 18.5 Å². The largest absolute Gasteiger partial charge is 0.491 e. The van der Waals surface area contributed by atoms with Crippen LogP contribution in [0.25, 0.3) is 16.7 Å². The van der Waals surface area contributed by atoms with E-state index < -0.39 is 0 Å². The molecule has 0 radical (unpaired) electrons. The topological polar surface area (TPSA) is 42.7 Å². The van der Waals surface area contributed by atoms with Crippen LogP contribution in [0.2, 0.25) is 0 Å². The molecule has 4 rings (SSSR count). The highest BCUT2D eigenvalue weighted by atomic mass is 16.5. The number of likely N-dealkylation sites (tertiary alicyclic amines) is 1. The van der Waals surface area contributed by atoms with E-state index in [-0.39, 0.29) is 0 Å². The minimum atomic E-state index is 0.636. The van der Waals surface area contributed by atoms with Crippen molar-refractivity contribution in [3.63, 3.8) is 0 Å². The van der Waals surface area contributed by atoms with E-state index in [1.54, 1.807) is 0 Å². The Hall–Kier alpha value is -2.14. The number of hydrogen-bond donors (Lipinski definition) is 0. The van der Waals surface area contributed by atoms with Gasteiger partial charge in [-0.1, -0.05) is 13.3 Å². The molecule has 5 heteroatoms. The molecule has 1 fully saturated rings. The number of nitrogens with zero attached hydrogens (tertiary/aromatic N) is 4. The van der Waals surface area contributed by atoms with Crippen molar-refractivity contribution in [2.24, 2.45) is 5.92 Å². The van der Waals surface area contributed by atoms with Gasteiger partial charge in [-0.25, -0.2) is 9.97 Å². The third-order valence-electron chi connectivity index (χ3n) is 5.21. The van der Waals surface area contributed by atoms with Crippen LogP contribution in [0.15, 0.2) is 36.8 Å². The van der Waals surface area contributed by atoms with E-state index in [0.29, 0.717) is 5.92 Å². The zero-order valence-corrected chi connectivity index (χ0v) is 14.9. The maximum Gasteiger partial charge on any atom is 0.167 e. The van der Waals surface area contributed by atoms with Gasteiger partial charge in [0.25, 0.3) is 0 Å². The van der Waals surface area contributed by atoms with E-state index in [4.69, 9.17) is 4.74 Å². The Balaban J connectivity index is 1.42. The number of aromatic nitrogens is 3. The Morgan fingerprint density at radius 1 is 1.20 bits per heavy atom. The van der Waals surface area contributed by atoms with Crippen LogP contribution in [-0.2, 0) is 0 Å². The molecular formula is C20H26N4O. The Morgan fingerprint density at radius 2 is 2.08 bits per heavy atom. The lowest BCUT2D eigenvalue weighted by Crippen LogP contribution is -2.36. The highest BCUT2D eigenvalue weighted by molar-refractivity contribution is 5.80. The van der Waals surface area contributed by atoms with Crippen LogP contribution >= 0.6 is 0 Å². The highest BCUT2D eigenvalue weighted by Gasteiger charge is 2.20. The molecule has 0 saturated carbocycles. The fourth-order valence-corrected chi connectivity index (χ4v) is 3.63. The summed E-state index contributed by atoms with van der Waals surface area (Å²) in [6.45, 7) is 6.68. The van der Waals surface area contributed by atoms with Gasteiger partial charge < -0.3 is 9.64 Å². The van der Waals surface area contributed by atoms with Crippen molar-refractivity contribution in [2.45, 2.75) is 32.6 Å². The molecule has 0 spiro atoms. The zero-order valence-electron chi connectivity index (χ0n) is 14.9. The van der Waals surface area contributed by atoms with Gasteiger partial charge in [-0.05, 0) is 56.9 Å². The number of hydrogen-bond acceptors (Lipinski definition) is 4. The first kappa shape index (κ1) is 16.3. The Morgan fingerprint density at radius 3 is 2.92 bits per heavy atom. The Kier molecular flexibility index (Phi) is 4.83. The van der Waals surface area contributed by atoms with Crippen molar-refractivity contribution in [1.29, 1.82) is 0 Å². The first-order chi connectivity index (χ1) is 12.3. The molecule has 0 bridgehead atoms. The minimum Gasteiger partial charge on any atom is -0.491 e. The lowest BCUT2D eigenvalue weighted by molar-refractivity contribution is 0.141. The van der Waals surface area contributed by atoms with Crippen LogP contribution in [0.5, 0.6) is 5.75 Å². The summed E-state index contributed by atoms with van der Waals surface area (Å²) in [5.74, 6) is 1.48. The third-order valence-corrected chi connectivity index (χ3v) is 5.21. The molecule has 132 valence electrons. The molecule has 3 aromatic heterocycles. The predicted octanol–water partition coefficient (Wildman–Crippen LogP) is 3.77. The quantitative estimate of drug-likeness (QED) is 0.686. The summed E-state index contributed by atoms with van der Waals surface area (Å²) in [6.07, 6.45) is 10.7. The third kappa shape index (κ3) is 3.47. The van der Waals surface area contributed by atoms with Gasteiger partial charge in [0.2, 0.25) is 0 Å². The SMILES string of the molecule is CCCCN1CCC(COc2ccnc3c2ncc2cccn23)CC1. The summed E-state index contributed by atoms with van der Waals surface area (Å²) < 4.78 is 8.22. The van der Waals surface area contributed by atoms with Crippen LogP contribution in [0, 0.1) is 5.92 Å². The van der Waals surface area contributed by atoms with Gasteiger partial charge in [-0.15, -0.1) is 0 Å². The van der Waals surface area contributed by atoms with Crippen molar-refractivity contribution < 1.29 is 4.74 Å². The predicted molar refractivity (Wildman–Crippen MR) is 100 cm³/mol. The van der Waals surface area contributed by atoms with Crippen LogP contribution in [-0.4, -0.2) is 45.5 Å². The molecule has 4 heterocycles. The summed E-state index contributed by atoms with van der Waals surface area (Å²) in [6, 6.07) is 5.98. The molecule has 1 aliphatic rings. The van der Waals surface area contributed by atoms with Crippen molar-refractivity contribution in [3.8, 4) is 5.75 Å². The summed E-state index contributed by atoms with van der Waals surface area (Å²) in [7, 11) is 0. The minimum absolute atomic E-state index is 0.636. The monoisotopic (exact) mass is 338 g/mol. The molecule has 1 saturated heterocycles. The first-order valence-corrected chi connectivity index (χ1v) is 9.41. The summed E-state index contributed by atoms with van der Waals surface area (Å²) in [4.78, 5) is 11.7. The molecule has 0 aromatic carbocycles. The second-order valence-corrected chi connectivity index (χ2v) is 6.99. The maximum atomic E-state index is 6.17. The Labute approximate surface area is 148 Å². The molecule has 0 amide bonds. The fraction of sp³-hybridized carbons (Fsp3) is 0.500. The van der Waals surface area contributed by atoms with Crippen molar-refractivity contribution in [1.82, 2.24) is 19.3 Å². The van der Waals surface area contributed by atoms with E-state index in [1.165, 1.54) is 45.3 Å². The lowest BCUT2D eigenvalue weighted by atomic mass is 9.97. The second-order valence-electron chi connectivity index (χ2n) is 6.99. The van der Waals surface area contributed by atoms with Gasteiger partial charge in [0.05, 0.1) is 18.3 Å². The molecule has 3 aromatic rings. The standard InChI is InChI=1S/C20H26N4O/c1-2-3-10-23-12-7-16(8-13-23)15-25-18-6-9-21-20-19(18)22-14-17-5-4-11-24(17)20/h4-6,9,11,14,16H,2-3,7-8,10,12-13,15H2,1H3. The van der Waals surface area contributed by atoms with Crippen LogP contribution in [0.4, 0.5) is 0 Å². The summed E-state index contributed by atoms with van der Waals surface area (Å²) in [5.41, 5.74) is 2.75. The van der Waals surface area contributed by atoms with Crippen LogP contribution in [0.3, 0.4) is 0 Å². The molecule has 0 N–H and O–H groups in total. The number of piperidine rings is 1. The summed E-state index contributed by atoms with van der Waals surface area (Å²) >= 11 is 0. The first-order valence-electron chi connectivity index (χ1n) is 9.41. The molecular weight excluding hydrogens is 312 g/mol. The van der Waals surface area contributed by atoms with Crippen LogP contribution < -0.4 is 4.74 Å². The molecule has 5 nitrogen and oxygen atoms in total. The normalized spacial score (nSPS) is 16.7. The number of pyridine rings is 1. The molecule has 0 atom stereocenters. The van der Waals surface area contributed by atoms with Crippen LogP contribution in [0.1, 0.15) is 32.6 Å². The van der Waals surface area contributed by atoms with E-state index in [1.807, 2.05) is 36.8 Å². The smallest absolute Gasteiger partial charge is 0.167 e. The van der Waals surface area contributed by atoms with E-state index in [9.17, 15) is 0 Å². The number of fused-ring (bicyclic) bond motifs is 3. The average Bonchev–Trinajstić information content (AvgIpc) is 3.14. The zero-order chi connectivity index (χ0) is 17.1. The van der Waals surface area contributed by atoms with E-state index in [0.717, 1.165) is 29.0 Å². The summed E-state index contributed by atoms with van der Waals surface area (Å²) in [5, 5.41) is 0. The van der Waals surface area contributed by atoms with E-state index >= 15 is 0 Å². The number of unbranched alkanes of at least 4 members (excludes halogenated alkanes) is 1. The van der Waals surface area contributed by atoms with Gasteiger partial charge in [0.15, 0.2) is 5.65 Å². The van der Waals surface area contributed by atoms with E-state index in [2.05, 4.69) is 26.2 Å². The second kappa shape index (κ2) is 7.40. The number of ether oxygens (including phenoxy) is 1. The van der Waals surface area contributed by atoms with Gasteiger partial charge in [0.1, 0.15) is 11.3 Å². The molecule has 0 unspecified atom stereocenters. The number of rotatable bonds is 6. The lowest BCUT2D eigenvalue weighted by Gasteiger charge is -2.31. The van der Waals surface area contributed by atoms with Crippen molar-refractivity contribution in [2.75, 3.05) is 26.2 Å².